The van der Waals surface area contributed by atoms with E-state index < -0.39 is 0 Å². The van der Waals surface area contributed by atoms with Crippen LogP contribution in [-0.2, 0) is 22.4 Å². The second-order valence-electron chi connectivity index (χ2n) is 9.07. The number of hydrogen-bond acceptors (Lipinski definition) is 7. The number of thioether (sulfide) groups is 1. The van der Waals surface area contributed by atoms with Gasteiger partial charge in [0.15, 0.2) is 0 Å². The molecule has 39 heavy (non-hydrogen) atoms. The average molecular weight is 577 g/mol. The summed E-state index contributed by atoms with van der Waals surface area (Å²) in [6.07, 6.45) is 2.56. The molecule has 0 saturated carbocycles. The molecule has 2 amide bonds. The Hall–Kier alpha value is -3.40. The summed E-state index contributed by atoms with van der Waals surface area (Å²) in [6, 6.07) is 21.5. The van der Waals surface area contributed by atoms with Crippen LogP contribution in [0, 0.1) is 0 Å². The van der Waals surface area contributed by atoms with Gasteiger partial charge in [-0.15, -0.1) is 34.4 Å². The number of hydrogen-bond donors (Lipinski definition) is 2. The number of thiophene rings is 2. The molecule has 1 unspecified atom stereocenters. The van der Waals surface area contributed by atoms with E-state index in [1.807, 2.05) is 41.8 Å². The number of benzene rings is 2. The van der Waals surface area contributed by atoms with Crippen molar-refractivity contribution in [1.82, 2.24) is 0 Å². The van der Waals surface area contributed by atoms with Crippen LogP contribution in [0.25, 0.3) is 0 Å². The van der Waals surface area contributed by atoms with Crippen LogP contribution >= 0.6 is 34.4 Å². The van der Waals surface area contributed by atoms with E-state index in [4.69, 9.17) is 4.74 Å². The molecule has 200 valence electrons. The molecule has 0 saturated heterocycles. The highest BCUT2D eigenvalue weighted by molar-refractivity contribution is 8.00. The molecule has 1 aliphatic rings. The second-order valence-corrected chi connectivity index (χ2v) is 12.2. The smallest absolute Gasteiger partial charge is 0.341 e. The van der Waals surface area contributed by atoms with Gasteiger partial charge in [0.05, 0.1) is 22.8 Å². The molecule has 2 aromatic carbocycles. The van der Waals surface area contributed by atoms with Gasteiger partial charge in [0, 0.05) is 15.5 Å². The summed E-state index contributed by atoms with van der Waals surface area (Å²) in [5, 5.41) is 8.31. The van der Waals surface area contributed by atoms with Crippen LogP contribution in [0.5, 0.6) is 0 Å². The number of ether oxygens (including phenoxy) is 1. The van der Waals surface area contributed by atoms with Crippen LogP contribution < -0.4 is 10.6 Å². The number of carbonyl (C=O) groups is 3. The first kappa shape index (κ1) is 27.2. The van der Waals surface area contributed by atoms with Crippen molar-refractivity contribution in [2.75, 3.05) is 23.0 Å². The van der Waals surface area contributed by atoms with E-state index in [0.717, 1.165) is 34.6 Å². The minimum atomic E-state index is -0.384. The lowest BCUT2D eigenvalue weighted by Gasteiger charge is -2.23. The van der Waals surface area contributed by atoms with Gasteiger partial charge in [-0.25, -0.2) is 4.79 Å². The minimum Gasteiger partial charge on any atom is -0.462 e. The Labute approximate surface area is 239 Å². The zero-order chi connectivity index (χ0) is 27.2. The molecule has 2 aromatic heterocycles. The quantitative estimate of drug-likeness (QED) is 0.162. The summed E-state index contributed by atoms with van der Waals surface area (Å²) < 4.78 is 5.36. The molecule has 0 bridgehead atoms. The zero-order valence-corrected chi connectivity index (χ0v) is 23.8. The number of rotatable bonds is 9. The number of nitrogens with one attached hydrogen (secondary N) is 2. The maximum absolute atomic E-state index is 13.0. The van der Waals surface area contributed by atoms with Crippen molar-refractivity contribution in [3.63, 3.8) is 0 Å². The normalized spacial score (nSPS) is 14.3. The van der Waals surface area contributed by atoms with Crippen molar-refractivity contribution in [3.05, 3.63) is 98.6 Å². The van der Waals surface area contributed by atoms with Gasteiger partial charge in [-0.05, 0) is 72.9 Å². The molecule has 1 atom stereocenters. The third-order valence-corrected chi connectivity index (χ3v) is 9.51. The molecule has 1 aliphatic carbocycles. The lowest BCUT2D eigenvalue weighted by molar-refractivity contribution is -0.113. The Morgan fingerprint density at radius 2 is 1.87 bits per heavy atom. The molecule has 4 aromatic rings. The van der Waals surface area contributed by atoms with Gasteiger partial charge in [-0.2, -0.15) is 0 Å². The lowest BCUT2D eigenvalue weighted by atomic mass is 9.83. The Bertz CT molecular complexity index is 1460. The van der Waals surface area contributed by atoms with Crippen molar-refractivity contribution in [3.8, 4) is 0 Å². The van der Waals surface area contributed by atoms with Crippen LogP contribution in [0.3, 0.4) is 0 Å². The first-order chi connectivity index (χ1) is 19.0. The van der Waals surface area contributed by atoms with E-state index in [1.54, 1.807) is 13.0 Å². The van der Waals surface area contributed by atoms with Gasteiger partial charge in [-0.3, -0.25) is 9.59 Å². The number of esters is 1. The molecule has 9 heteroatoms. The van der Waals surface area contributed by atoms with E-state index in [-0.39, 0.29) is 30.1 Å². The van der Waals surface area contributed by atoms with Gasteiger partial charge in [0.25, 0.3) is 5.91 Å². The van der Waals surface area contributed by atoms with Gasteiger partial charge >= 0.3 is 5.97 Å². The fraction of sp³-hybridized carbons (Fsp3) is 0.233. The summed E-state index contributed by atoms with van der Waals surface area (Å²) >= 11 is 4.24. The van der Waals surface area contributed by atoms with Crippen molar-refractivity contribution in [2.24, 2.45) is 0 Å². The molecular weight excluding hydrogens is 549 g/mol. The predicted molar refractivity (Wildman–Crippen MR) is 160 cm³/mol. The molecule has 5 rings (SSSR count). The van der Waals surface area contributed by atoms with Crippen LogP contribution in [0.1, 0.15) is 55.3 Å². The Morgan fingerprint density at radius 1 is 1.03 bits per heavy atom. The molecular formula is C30H28N2O4S3. The van der Waals surface area contributed by atoms with Crippen molar-refractivity contribution in [1.29, 1.82) is 0 Å². The largest absolute Gasteiger partial charge is 0.462 e. The highest BCUT2D eigenvalue weighted by atomic mass is 32.2. The molecule has 0 spiro atoms. The van der Waals surface area contributed by atoms with Gasteiger partial charge < -0.3 is 15.4 Å². The summed E-state index contributed by atoms with van der Waals surface area (Å²) in [5.74, 6) is -0.187. The second kappa shape index (κ2) is 12.6. The van der Waals surface area contributed by atoms with Crippen molar-refractivity contribution >= 4 is 62.9 Å². The maximum atomic E-state index is 13.0. The number of anilines is 2. The summed E-state index contributed by atoms with van der Waals surface area (Å²) in [6.45, 7) is 2.06. The van der Waals surface area contributed by atoms with E-state index in [0.29, 0.717) is 27.0 Å². The summed E-state index contributed by atoms with van der Waals surface area (Å²) in [5.41, 5.74) is 3.47. The first-order valence-electron chi connectivity index (χ1n) is 12.8. The van der Waals surface area contributed by atoms with Gasteiger partial charge in [-0.1, -0.05) is 42.5 Å². The van der Waals surface area contributed by atoms with Crippen LogP contribution in [0.2, 0.25) is 0 Å². The zero-order valence-electron chi connectivity index (χ0n) is 21.4. The highest BCUT2D eigenvalue weighted by Crippen LogP contribution is 2.43. The molecule has 2 N–H and O–H groups in total. The summed E-state index contributed by atoms with van der Waals surface area (Å²) in [7, 11) is 0. The molecule has 2 heterocycles. The standard InChI is InChI=1S/C30H28N2O4S3/c1-2-36-30(35)27-23-14-13-20(19-8-4-3-5-9-19)16-25(23)39-29(27)32-26(33)18-38-22-11-6-10-21(17-22)31-28(34)24-12-7-15-37-24/h3-12,15,17,20H,2,13-14,16,18H2,1H3,(H,31,34)(H,32,33). The maximum Gasteiger partial charge on any atom is 0.341 e. The monoisotopic (exact) mass is 576 g/mol. The average Bonchev–Trinajstić information content (AvgIpc) is 3.61. The Kier molecular flexibility index (Phi) is 8.81. The molecule has 0 radical (unpaired) electrons. The van der Waals surface area contributed by atoms with E-state index >= 15 is 0 Å². The number of fused-ring (bicyclic) bond motifs is 1. The summed E-state index contributed by atoms with van der Waals surface area (Å²) in [4.78, 5) is 40.9. The molecule has 0 fully saturated rings. The Balaban J connectivity index is 1.26. The third-order valence-electron chi connectivity index (χ3n) is 6.48. The van der Waals surface area contributed by atoms with Gasteiger partial charge in [0.2, 0.25) is 5.91 Å². The number of carbonyl (C=O) groups excluding carboxylic acids is 3. The van der Waals surface area contributed by atoms with E-state index in [2.05, 4.69) is 34.9 Å². The topological polar surface area (TPSA) is 84.5 Å². The van der Waals surface area contributed by atoms with Gasteiger partial charge in [0.1, 0.15) is 5.00 Å². The number of amides is 2. The van der Waals surface area contributed by atoms with Crippen LogP contribution in [-0.4, -0.2) is 30.1 Å². The Morgan fingerprint density at radius 3 is 2.64 bits per heavy atom. The van der Waals surface area contributed by atoms with Crippen molar-refractivity contribution in [2.45, 2.75) is 37.0 Å². The fourth-order valence-electron chi connectivity index (χ4n) is 4.68. The van der Waals surface area contributed by atoms with E-state index in [9.17, 15) is 14.4 Å². The van der Waals surface area contributed by atoms with Crippen LogP contribution in [0.4, 0.5) is 10.7 Å². The third kappa shape index (κ3) is 6.61. The predicted octanol–water partition coefficient (Wildman–Crippen LogP) is 7.24. The highest BCUT2D eigenvalue weighted by Gasteiger charge is 2.30. The molecule has 0 aliphatic heterocycles. The lowest BCUT2D eigenvalue weighted by Crippen LogP contribution is -2.18. The SMILES string of the molecule is CCOC(=O)c1c(NC(=O)CSc2cccc(NC(=O)c3cccs3)c2)sc2c1CCC(c1ccccc1)C2. The van der Waals surface area contributed by atoms with E-state index in [1.165, 1.54) is 40.0 Å². The van der Waals surface area contributed by atoms with Crippen LogP contribution in [0.15, 0.2) is 77.0 Å². The fourth-order valence-corrected chi connectivity index (χ4v) is 7.38. The van der Waals surface area contributed by atoms with Crippen molar-refractivity contribution < 1.29 is 19.1 Å². The molecule has 6 nitrogen and oxygen atoms in total. The first-order valence-corrected chi connectivity index (χ1v) is 15.4. The minimum absolute atomic E-state index is 0.160.